The molecule has 1 aliphatic heterocycles. The van der Waals surface area contributed by atoms with E-state index in [0.717, 1.165) is 68.8 Å². The number of nitrogens with one attached hydrogen (secondary N) is 1. The molecule has 1 amide bonds. The Bertz CT molecular complexity index is 1280. The molecule has 3 aromatic carbocycles. The Morgan fingerprint density at radius 2 is 1.50 bits per heavy atom. The summed E-state index contributed by atoms with van der Waals surface area (Å²) in [6.07, 6.45) is 11.2. The number of likely N-dealkylation sites (tertiary alicyclic amines) is 1. The fourth-order valence-electron chi connectivity index (χ4n) is 5.83. The van der Waals surface area contributed by atoms with Gasteiger partial charge in [-0.2, -0.15) is 0 Å². The van der Waals surface area contributed by atoms with Crippen molar-refractivity contribution >= 4 is 17.5 Å². The van der Waals surface area contributed by atoms with Crippen LogP contribution in [0.3, 0.4) is 0 Å². The Labute approximate surface area is 262 Å². The first-order valence-electron chi connectivity index (χ1n) is 16.3. The fraction of sp³-hybridized carbons (Fsp3) is 0.472. The van der Waals surface area contributed by atoms with Gasteiger partial charge in [-0.1, -0.05) is 92.8 Å². The summed E-state index contributed by atoms with van der Waals surface area (Å²) in [5, 5.41) is 11.9. The van der Waals surface area contributed by atoms with Gasteiger partial charge < -0.3 is 14.5 Å². The molecule has 8 nitrogen and oxygen atoms in total. The zero-order valence-electron chi connectivity index (χ0n) is 26.2. The summed E-state index contributed by atoms with van der Waals surface area (Å²) in [6, 6.07) is 25.0. The Hall–Kier alpha value is -3.75. The van der Waals surface area contributed by atoms with Crippen molar-refractivity contribution < 1.29 is 19.7 Å². The SMILES string of the molecule is CN(CCCCCCCCCN1CCC(OC(=O)Nc2ccccc2-c2ccccc2)CC1)CCc1ccc([N+](=O)O)cc1. The van der Waals surface area contributed by atoms with E-state index in [1.54, 1.807) is 12.1 Å². The maximum atomic E-state index is 12.7. The molecule has 1 aliphatic rings. The number of para-hydroxylation sites is 1. The lowest BCUT2D eigenvalue weighted by Crippen LogP contribution is -2.38. The number of benzene rings is 3. The average Bonchev–Trinajstić information content (AvgIpc) is 3.04. The highest BCUT2D eigenvalue weighted by atomic mass is 16.6. The first-order valence-corrected chi connectivity index (χ1v) is 16.3. The second-order valence-electron chi connectivity index (χ2n) is 12.0. The molecular formula is C36H49N4O4+. The van der Waals surface area contributed by atoms with Crippen molar-refractivity contribution in [1.29, 1.82) is 0 Å². The third-order valence-corrected chi connectivity index (χ3v) is 8.51. The second kappa shape index (κ2) is 18.1. The van der Waals surface area contributed by atoms with Crippen molar-refractivity contribution in [1.82, 2.24) is 9.80 Å². The number of unbranched alkanes of at least 4 members (excludes halogenated alkanes) is 6. The summed E-state index contributed by atoms with van der Waals surface area (Å²) in [6.45, 7) is 5.19. The van der Waals surface area contributed by atoms with Crippen LogP contribution in [0, 0.1) is 4.91 Å². The highest BCUT2D eigenvalue weighted by Gasteiger charge is 2.22. The molecule has 0 unspecified atom stereocenters. The monoisotopic (exact) mass is 601 g/mol. The van der Waals surface area contributed by atoms with Crippen LogP contribution in [0.25, 0.3) is 11.1 Å². The molecule has 0 saturated carbocycles. The molecule has 44 heavy (non-hydrogen) atoms. The van der Waals surface area contributed by atoms with Crippen LogP contribution in [-0.2, 0) is 11.2 Å². The predicted octanol–water partition coefficient (Wildman–Crippen LogP) is 8.07. The molecule has 0 spiro atoms. The molecule has 1 saturated heterocycles. The van der Waals surface area contributed by atoms with E-state index in [1.807, 2.05) is 66.7 Å². The van der Waals surface area contributed by atoms with Crippen molar-refractivity contribution in [2.75, 3.05) is 45.1 Å². The quantitative estimate of drug-likeness (QED) is 0.120. The summed E-state index contributed by atoms with van der Waals surface area (Å²) in [5.41, 5.74) is 4.26. The number of carbonyl (C=O) groups excluding carboxylic acids is 1. The standard InChI is InChI=1S/C36H48N4O4/c1-38(27-22-30-18-20-32(21-19-30)40(42)43)25-12-5-3-2-4-6-13-26-39-28-23-33(24-29-39)44-36(41)37-35-17-11-10-16-34(35)31-14-8-7-9-15-31/h7-11,14-21,33H,2-6,12-13,22-29H2,1H3,(H-,37,41,42,43)/p+1. The van der Waals surface area contributed by atoms with E-state index >= 15 is 0 Å². The number of nitrogens with zero attached hydrogens (tertiary/aromatic N) is 3. The minimum atomic E-state index is -0.373. The first-order chi connectivity index (χ1) is 21.5. The number of likely N-dealkylation sites (N-methyl/N-ethyl adjacent to an activating group) is 1. The summed E-state index contributed by atoms with van der Waals surface area (Å²) in [4.78, 5) is 28.3. The maximum absolute atomic E-state index is 12.7. The van der Waals surface area contributed by atoms with Gasteiger partial charge in [0.05, 0.1) is 10.6 Å². The summed E-state index contributed by atoms with van der Waals surface area (Å²) in [5.74, 6) is 0. The Morgan fingerprint density at radius 1 is 0.864 bits per heavy atom. The summed E-state index contributed by atoms with van der Waals surface area (Å²) < 4.78 is 5.79. The van der Waals surface area contributed by atoms with Gasteiger partial charge in [0.2, 0.25) is 0 Å². The van der Waals surface area contributed by atoms with Crippen molar-refractivity contribution in [3.63, 3.8) is 0 Å². The molecule has 236 valence electrons. The number of hydrogen-bond donors (Lipinski definition) is 2. The molecule has 0 aromatic heterocycles. The number of amides is 1. The predicted molar refractivity (Wildman–Crippen MR) is 176 cm³/mol. The molecule has 0 aliphatic carbocycles. The van der Waals surface area contributed by atoms with E-state index in [1.165, 1.54) is 50.5 Å². The van der Waals surface area contributed by atoms with Crippen LogP contribution in [0.2, 0.25) is 0 Å². The molecule has 1 fully saturated rings. The lowest BCUT2D eigenvalue weighted by atomic mass is 10.0. The van der Waals surface area contributed by atoms with Crippen molar-refractivity contribution in [2.45, 2.75) is 70.3 Å². The molecule has 0 atom stereocenters. The van der Waals surface area contributed by atoms with E-state index in [9.17, 15) is 9.70 Å². The van der Waals surface area contributed by atoms with Gasteiger partial charge in [-0.05, 0) is 69.4 Å². The van der Waals surface area contributed by atoms with Crippen LogP contribution in [0.15, 0.2) is 78.9 Å². The Balaban J connectivity index is 0.986. The molecule has 0 bridgehead atoms. The minimum Gasteiger partial charge on any atom is -0.446 e. The number of ether oxygens (including phenoxy) is 1. The first kappa shape index (κ1) is 33.1. The van der Waals surface area contributed by atoms with Crippen LogP contribution in [0.5, 0.6) is 0 Å². The molecule has 2 N–H and O–H groups in total. The molecule has 0 radical (unpaired) electrons. The highest BCUT2D eigenvalue weighted by Crippen LogP contribution is 2.28. The van der Waals surface area contributed by atoms with Crippen molar-refractivity contribution in [3.05, 3.63) is 89.3 Å². The molecule has 3 aromatic rings. The number of piperidine rings is 1. The Kier molecular flexibility index (Phi) is 13.7. The number of carbonyl (C=O) groups is 1. The maximum Gasteiger partial charge on any atom is 0.411 e. The average molecular weight is 602 g/mol. The van der Waals surface area contributed by atoms with Gasteiger partial charge >= 0.3 is 11.8 Å². The summed E-state index contributed by atoms with van der Waals surface area (Å²) in [7, 11) is 2.16. The van der Waals surface area contributed by atoms with E-state index in [0.29, 0.717) is 0 Å². The minimum absolute atomic E-state index is 0.0290. The van der Waals surface area contributed by atoms with Crippen LogP contribution in [0.1, 0.15) is 63.4 Å². The second-order valence-corrected chi connectivity index (χ2v) is 12.0. The highest BCUT2D eigenvalue weighted by molar-refractivity contribution is 5.91. The van der Waals surface area contributed by atoms with E-state index in [-0.39, 0.29) is 22.8 Å². The smallest absolute Gasteiger partial charge is 0.411 e. The number of anilines is 1. The summed E-state index contributed by atoms with van der Waals surface area (Å²) >= 11 is 0. The molecule has 1 heterocycles. The van der Waals surface area contributed by atoms with E-state index in [4.69, 9.17) is 9.94 Å². The van der Waals surface area contributed by atoms with Crippen molar-refractivity contribution in [2.24, 2.45) is 0 Å². The van der Waals surface area contributed by atoms with Crippen molar-refractivity contribution in [3.8, 4) is 11.1 Å². The normalized spacial score (nSPS) is 14.0. The van der Waals surface area contributed by atoms with Crippen LogP contribution < -0.4 is 5.32 Å². The van der Waals surface area contributed by atoms with E-state index < -0.39 is 0 Å². The van der Waals surface area contributed by atoms with Gasteiger partial charge in [0, 0.05) is 37.3 Å². The van der Waals surface area contributed by atoms with Gasteiger partial charge in [0.15, 0.2) is 0 Å². The van der Waals surface area contributed by atoms with Gasteiger partial charge in [-0.25, -0.2) is 10.0 Å². The number of rotatable bonds is 17. The molecule has 8 heteroatoms. The largest absolute Gasteiger partial charge is 0.446 e. The van der Waals surface area contributed by atoms with Crippen LogP contribution >= 0.6 is 0 Å². The van der Waals surface area contributed by atoms with Gasteiger partial charge in [0.1, 0.15) is 6.10 Å². The fourth-order valence-corrected chi connectivity index (χ4v) is 5.83. The number of hydrogen-bond acceptors (Lipinski definition) is 5. The zero-order chi connectivity index (χ0) is 31.0. The lowest BCUT2D eigenvalue weighted by molar-refractivity contribution is -0.729. The van der Waals surface area contributed by atoms with Crippen LogP contribution in [0.4, 0.5) is 16.2 Å². The zero-order valence-corrected chi connectivity index (χ0v) is 26.2. The third-order valence-electron chi connectivity index (χ3n) is 8.51. The molecule has 4 rings (SSSR count). The van der Waals surface area contributed by atoms with Gasteiger partial charge in [-0.15, -0.1) is 0 Å². The van der Waals surface area contributed by atoms with Gasteiger partial charge in [-0.3, -0.25) is 5.32 Å². The van der Waals surface area contributed by atoms with E-state index in [2.05, 4.69) is 22.2 Å². The van der Waals surface area contributed by atoms with Crippen LogP contribution in [-0.4, -0.2) is 71.9 Å². The lowest BCUT2D eigenvalue weighted by Gasteiger charge is -2.31. The topological polar surface area (TPSA) is 85.1 Å². The molecular weight excluding hydrogens is 552 g/mol. The Morgan fingerprint density at radius 3 is 2.20 bits per heavy atom. The van der Waals surface area contributed by atoms with Gasteiger partial charge in [0.25, 0.3) is 4.92 Å². The third kappa shape index (κ3) is 11.4.